The summed E-state index contributed by atoms with van der Waals surface area (Å²) in [6, 6.07) is 19.2. The number of phenols is 1. The van der Waals surface area contributed by atoms with Gasteiger partial charge in [-0.1, -0.05) is 48.9 Å². The molecule has 0 bridgehead atoms. The van der Waals surface area contributed by atoms with Gasteiger partial charge in [0, 0.05) is 6.04 Å². The maximum absolute atomic E-state index is 9.44. The maximum Gasteiger partial charge on any atom is 0.115 e. The molecule has 2 atom stereocenters. The number of benzene rings is 2. The van der Waals surface area contributed by atoms with Crippen molar-refractivity contribution in [1.82, 2.24) is 5.32 Å². The van der Waals surface area contributed by atoms with Crippen molar-refractivity contribution in [1.29, 1.82) is 0 Å². The van der Waals surface area contributed by atoms with Crippen LogP contribution in [0.4, 0.5) is 0 Å². The lowest BCUT2D eigenvalue weighted by molar-refractivity contribution is 0.337. The van der Waals surface area contributed by atoms with Gasteiger partial charge in [-0.05, 0) is 74.2 Å². The molecule has 3 rings (SSSR count). The third-order valence-corrected chi connectivity index (χ3v) is 5.21. The Morgan fingerprint density at radius 1 is 0.917 bits per heavy atom. The predicted molar refractivity (Wildman–Crippen MR) is 100 cm³/mol. The molecule has 2 unspecified atom stereocenters. The zero-order valence-electron chi connectivity index (χ0n) is 14.5. The van der Waals surface area contributed by atoms with Crippen LogP contribution in [0.2, 0.25) is 0 Å². The Hall–Kier alpha value is -1.80. The van der Waals surface area contributed by atoms with E-state index >= 15 is 0 Å². The number of hydrogen-bond donors (Lipinski definition) is 2. The van der Waals surface area contributed by atoms with Gasteiger partial charge in [0.05, 0.1) is 0 Å². The van der Waals surface area contributed by atoms with Crippen LogP contribution in [0, 0.1) is 0 Å². The number of nitrogens with one attached hydrogen (secondary N) is 1. The van der Waals surface area contributed by atoms with Crippen LogP contribution in [0.5, 0.6) is 5.75 Å². The van der Waals surface area contributed by atoms with E-state index in [0.717, 1.165) is 6.54 Å². The molecular formula is C22H29NO. The molecule has 1 aliphatic rings. The fourth-order valence-electron chi connectivity index (χ4n) is 3.83. The smallest absolute Gasteiger partial charge is 0.115 e. The highest BCUT2D eigenvalue weighted by molar-refractivity contribution is 5.28. The third kappa shape index (κ3) is 5.10. The van der Waals surface area contributed by atoms with Crippen LogP contribution in [0.15, 0.2) is 54.6 Å². The van der Waals surface area contributed by atoms with Crippen LogP contribution in [0.1, 0.15) is 55.6 Å². The summed E-state index contributed by atoms with van der Waals surface area (Å²) in [5, 5.41) is 13.2. The summed E-state index contributed by atoms with van der Waals surface area (Å²) in [5.41, 5.74) is 2.82. The minimum atomic E-state index is 0.364. The fourth-order valence-corrected chi connectivity index (χ4v) is 3.83. The van der Waals surface area contributed by atoms with E-state index in [0.29, 0.717) is 17.7 Å². The second-order valence-electron chi connectivity index (χ2n) is 7.05. The lowest BCUT2D eigenvalue weighted by Gasteiger charge is -2.30. The average Bonchev–Trinajstić information content (AvgIpc) is 2.63. The molecule has 128 valence electrons. The summed E-state index contributed by atoms with van der Waals surface area (Å²) in [6.07, 6.45) is 8.78. The summed E-state index contributed by atoms with van der Waals surface area (Å²) < 4.78 is 0. The molecule has 2 aromatic carbocycles. The van der Waals surface area contributed by atoms with Crippen molar-refractivity contribution in [2.45, 2.75) is 56.9 Å². The highest BCUT2D eigenvalue weighted by Crippen LogP contribution is 2.33. The van der Waals surface area contributed by atoms with Crippen molar-refractivity contribution in [3.8, 4) is 5.75 Å². The van der Waals surface area contributed by atoms with E-state index in [-0.39, 0.29) is 0 Å². The molecule has 2 N–H and O–H groups in total. The summed E-state index contributed by atoms with van der Waals surface area (Å²) in [6.45, 7) is 1.12. The second-order valence-corrected chi connectivity index (χ2v) is 7.05. The Labute approximate surface area is 145 Å². The molecule has 0 aromatic heterocycles. The largest absolute Gasteiger partial charge is 0.508 e. The van der Waals surface area contributed by atoms with E-state index in [1.54, 1.807) is 0 Å². The van der Waals surface area contributed by atoms with Crippen molar-refractivity contribution in [2.24, 2.45) is 0 Å². The first-order valence-corrected chi connectivity index (χ1v) is 9.37. The monoisotopic (exact) mass is 323 g/mol. The maximum atomic E-state index is 9.44. The van der Waals surface area contributed by atoms with Gasteiger partial charge in [-0.25, -0.2) is 0 Å². The SMILES string of the molecule is Oc1ccc(C2CCCC(NCCCCc3ccccc3)C2)cc1. The van der Waals surface area contributed by atoms with Crippen molar-refractivity contribution in [2.75, 3.05) is 6.54 Å². The van der Waals surface area contributed by atoms with Gasteiger partial charge in [-0.15, -0.1) is 0 Å². The van der Waals surface area contributed by atoms with Crippen molar-refractivity contribution in [3.05, 3.63) is 65.7 Å². The van der Waals surface area contributed by atoms with Crippen LogP contribution in [0.25, 0.3) is 0 Å². The Kier molecular flexibility index (Phi) is 6.31. The molecule has 2 nitrogen and oxygen atoms in total. The predicted octanol–water partition coefficient (Wildman–Crippen LogP) is 5.03. The lowest BCUT2D eigenvalue weighted by Crippen LogP contribution is -2.34. The topological polar surface area (TPSA) is 32.3 Å². The van der Waals surface area contributed by atoms with E-state index in [1.807, 2.05) is 12.1 Å². The van der Waals surface area contributed by atoms with E-state index in [4.69, 9.17) is 0 Å². The minimum absolute atomic E-state index is 0.364. The Morgan fingerprint density at radius 2 is 1.71 bits per heavy atom. The molecule has 2 aromatic rings. The summed E-state index contributed by atoms with van der Waals surface area (Å²) >= 11 is 0. The van der Waals surface area contributed by atoms with E-state index in [2.05, 4.69) is 47.8 Å². The first-order valence-electron chi connectivity index (χ1n) is 9.37. The normalized spacial score (nSPS) is 20.8. The van der Waals surface area contributed by atoms with Gasteiger partial charge in [0.15, 0.2) is 0 Å². The molecule has 1 saturated carbocycles. The molecule has 2 heteroatoms. The van der Waals surface area contributed by atoms with E-state index in [1.165, 1.54) is 56.1 Å². The first-order chi connectivity index (χ1) is 11.8. The number of unbranched alkanes of at least 4 members (excludes halogenated alkanes) is 1. The zero-order chi connectivity index (χ0) is 16.6. The molecule has 24 heavy (non-hydrogen) atoms. The lowest BCUT2D eigenvalue weighted by atomic mass is 9.81. The van der Waals surface area contributed by atoms with Gasteiger partial charge in [0.25, 0.3) is 0 Å². The van der Waals surface area contributed by atoms with Gasteiger partial charge in [0.2, 0.25) is 0 Å². The minimum Gasteiger partial charge on any atom is -0.508 e. The molecule has 0 heterocycles. The average molecular weight is 323 g/mol. The van der Waals surface area contributed by atoms with Gasteiger partial charge >= 0.3 is 0 Å². The highest BCUT2D eigenvalue weighted by Gasteiger charge is 2.22. The molecule has 0 amide bonds. The molecule has 0 spiro atoms. The summed E-state index contributed by atoms with van der Waals surface area (Å²) in [7, 11) is 0. The van der Waals surface area contributed by atoms with Crippen LogP contribution in [-0.4, -0.2) is 17.7 Å². The van der Waals surface area contributed by atoms with Gasteiger partial charge in [-0.2, -0.15) is 0 Å². The molecule has 0 saturated heterocycles. The first kappa shape index (κ1) is 17.0. The van der Waals surface area contributed by atoms with E-state index in [9.17, 15) is 5.11 Å². The summed E-state index contributed by atoms with van der Waals surface area (Å²) in [5.74, 6) is 1.00. The van der Waals surface area contributed by atoms with Crippen LogP contribution >= 0.6 is 0 Å². The van der Waals surface area contributed by atoms with Crippen LogP contribution in [0.3, 0.4) is 0 Å². The molecular weight excluding hydrogens is 294 g/mol. The second kappa shape index (κ2) is 8.89. The van der Waals surface area contributed by atoms with Gasteiger partial charge in [-0.3, -0.25) is 0 Å². The van der Waals surface area contributed by atoms with E-state index < -0.39 is 0 Å². The molecule has 1 fully saturated rings. The highest BCUT2D eigenvalue weighted by atomic mass is 16.3. The van der Waals surface area contributed by atoms with Gasteiger partial charge in [0.1, 0.15) is 5.75 Å². The van der Waals surface area contributed by atoms with Crippen molar-refractivity contribution in [3.63, 3.8) is 0 Å². The Bertz CT molecular complexity index is 593. The number of rotatable bonds is 7. The molecule has 0 aliphatic heterocycles. The van der Waals surface area contributed by atoms with Crippen molar-refractivity contribution < 1.29 is 5.11 Å². The molecule has 1 aliphatic carbocycles. The number of aryl methyl sites for hydroxylation is 1. The quantitative estimate of drug-likeness (QED) is 0.700. The Morgan fingerprint density at radius 3 is 2.50 bits per heavy atom. The fraction of sp³-hybridized carbons (Fsp3) is 0.455. The molecule has 0 radical (unpaired) electrons. The van der Waals surface area contributed by atoms with Crippen molar-refractivity contribution >= 4 is 0 Å². The van der Waals surface area contributed by atoms with Crippen LogP contribution in [-0.2, 0) is 6.42 Å². The zero-order valence-corrected chi connectivity index (χ0v) is 14.5. The number of hydrogen-bond acceptors (Lipinski definition) is 2. The third-order valence-electron chi connectivity index (χ3n) is 5.21. The number of phenolic OH excluding ortho intramolecular Hbond substituents is 1. The summed E-state index contributed by atoms with van der Waals surface area (Å²) in [4.78, 5) is 0. The Balaban J connectivity index is 1.37. The number of aromatic hydroxyl groups is 1. The standard InChI is InChI=1S/C22H29NO/c24-22-14-12-19(13-15-22)20-10-6-11-21(17-20)23-16-5-4-9-18-7-2-1-3-8-18/h1-3,7-8,12-15,20-21,23-24H,4-6,9-11,16-17H2. The van der Waals surface area contributed by atoms with Crippen LogP contribution < -0.4 is 5.32 Å². The van der Waals surface area contributed by atoms with Gasteiger partial charge < -0.3 is 10.4 Å².